The molecule has 0 spiro atoms. The van der Waals surface area contributed by atoms with Gasteiger partial charge in [-0.3, -0.25) is 14.4 Å². The number of carboxylic acids is 1. The van der Waals surface area contributed by atoms with E-state index < -0.39 is 67.3 Å². The highest BCUT2D eigenvalue weighted by atomic mass is 16.7. The van der Waals surface area contributed by atoms with Crippen LogP contribution in [0.25, 0.3) is 0 Å². The molecule has 0 bridgehead atoms. The van der Waals surface area contributed by atoms with Crippen LogP contribution in [0.5, 0.6) is 0 Å². The number of esters is 3. The Morgan fingerprint density at radius 2 is 0.741 bits per heavy atom. The third-order valence-electron chi connectivity index (χ3n) is 14.5. The van der Waals surface area contributed by atoms with Crippen LogP contribution < -0.4 is 0 Å². The predicted molar refractivity (Wildman–Crippen MR) is 349 cm³/mol. The summed E-state index contributed by atoms with van der Waals surface area (Å²) < 4.78 is 28.5. The quantitative estimate of drug-likeness (QED) is 0.0228. The molecule has 482 valence electrons. The Labute approximate surface area is 516 Å². The van der Waals surface area contributed by atoms with Gasteiger partial charge in [0.05, 0.1) is 6.61 Å². The molecule has 6 atom stereocenters. The number of hydrogen-bond donors (Lipinski definition) is 3. The molecule has 1 fully saturated rings. The van der Waals surface area contributed by atoms with Crippen LogP contribution in [0.3, 0.4) is 0 Å². The zero-order valence-corrected chi connectivity index (χ0v) is 53.3. The van der Waals surface area contributed by atoms with Crippen molar-refractivity contribution in [3.8, 4) is 0 Å². The minimum Gasteiger partial charge on any atom is -0.479 e. The molecule has 1 aliphatic rings. The SMILES string of the molecule is CC/C=C\C/C=C\C/C=C\C/C=C\CCCCCCC(=O)OC(COC(=O)CCCCCCCC/C=C\C/C=C\C/C=C\CCCCC)COC1OC(C(=O)O)C(O)C(O)C1OC(=O)CCCCCCCC/C=C\C/C=C\C/C=C\CCCCC. The highest BCUT2D eigenvalue weighted by Gasteiger charge is 2.50. The zero-order valence-electron chi connectivity index (χ0n) is 53.3. The topological polar surface area (TPSA) is 175 Å². The number of ether oxygens (including phenoxy) is 5. The number of aliphatic hydroxyl groups is 2. The van der Waals surface area contributed by atoms with Gasteiger partial charge in [-0.1, -0.05) is 232 Å². The summed E-state index contributed by atoms with van der Waals surface area (Å²) in [4.78, 5) is 51.4. The van der Waals surface area contributed by atoms with Gasteiger partial charge in [-0.15, -0.1) is 0 Å². The minimum absolute atomic E-state index is 0.0355. The molecular weight excluding hydrogens is 1070 g/mol. The number of carbonyl (C=O) groups is 4. The average Bonchev–Trinajstić information content (AvgIpc) is 3.53. The van der Waals surface area contributed by atoms with E-state index in [4.69, 9.17) is 23.7 Å². The first kappa shape index (κ1) is 78.1. The van der Waals surface area contributed by atoms with Crippen LogP contribution in [0.2, 0.25) is 0 Å². The van der Waals surface area contributed by atoms with Crippen LogP contribution in [0.4, 0.5) is 0 Å². The molecule has 6 unspecified atom stereocenters. The standard InChI is InChI=1S/C73H118O12/c1-4-7-10-13-16-19-22-25-28-31-33-36-38-41-44-47-50-53-56-59-65(74)81-62-64(83-66(75)60-57-54-51-48-45-42-39-35-30-27-24-21-18-15-12-9-6-3)63-82-73-71(69(78)68(77)70(85-73)72(79)80)84-67(76)61-58-55-52-49-46-43-40-37-34-32-29-26-23-20-17-14-11-8-5-2/h9,12,16-21,25-30,33-34,36-37,39,42,64,68-71,73,77-78H,4-8,10-11,13-15,22-24,31-32,35,38,40-41,43-63H2,1-3H3,(H,79,80)/b12-9-,19-16-,20-17-,21-18-,28-25-,29-26-,30-27-,36-33-,37-34-,42-39-. The highest BCUT2D eigenvalue weighted by molar-refractivity contribution is 5.74. The van der Waals surface area contributed by atoms with Gasteiger partial charge in [-0.05, 0) is 135 Å². The molecule has 12 nitrogen and oxygen atoms in total. The van der Waals surface area contributed by atoms with Crippen molar-refractivity contribution < 1.29 is 58.2 Å². The molecule has 0 aromatic heterocycles. The van der Waals surface area contributed by atoms with Gasteiger partial charge in [0.2, 0.25) is 0 Å². The highest BCUT2D eigenvalue weighted by Crippen LogP contribution is 2.26. The molecule has 85 heavy (non-hydrogen) atoms. The van der Waals surface area contributed by atoms with Crippen molar-refractivity contribution in [2.45, 2.75) is 302 Å². The average molecular weight is 1190 g/mol. The van der Waals surface area contributed by atoms with Gasteiger partial charge in [0, 0.05) is 19.3 Å². The van der Waals surface area contributed by atoms with Crippen molar-refractivity contribution in [1.29, 1.82) is 0 Å². The van der Waals surface area contributed by atoms with Crippen LogP contribution >= 0.6 is 0 Å². The van der Waals surface area contributed by atoms with Gasteiger partial charge >= 0.3 is 23.9 Å². The lowest BCUT2D eigenvalue weighted by molar-refractivity contribution is -0.301. The number of rotatable bonds is 56. The lowest BCUT2D eigenvalue weighted by atomic mass is 9.98. The van der Waals surface area contributed by atoms with Crippen LogP contribution in [0, 0.1) is 0 Å². The van der Waals surface area contributed by atoms with E-state index in [0.717, 1.165) is 161 Å². The largest absolute Gasteiger partial charge is 0.479 e. The fourth-order valence-electron chi connectivity index (χ4n) is 9.37. The third-order valence-corrected chi connectivity index (χ3v) is 14.5. The lowest BCUT2D eigenvalue weighted by Crippen LogP contribution is -2.61. The monoisotopic (exact) mass is 1190 g/mol. The van der Waals surface area contributed by atoms with Crippen molar-refractivity contribution in [2.24, 2.45) is 0 Å². The molecular formula is C73H118O12. The molecule has 0 amide bonds. The van der Waals surface area contributed by atoms with E-state index in [9.17, 15) is 34.5 Å². The maximum atomic E-state index is 13.2. The predicted octanol–water partition coefficient (Wildman–Crippen LogP) is 18.3. The van der Waals surface area contributed by atoms with Crippen molar-refractivity contribution in [1.82, 2.24) is 0 Å². The molecule has 0 saturated carbocycles. The van der Waals surface area contributed by atoms with Gasteiger partial charge in [0.1, 0.15) is 18.8 Å². The molecule has 3 N–H and O–H groups in total. The number of aliphatic hydroxyl groups excluding tert-OH is 2. The summed E-state index contributed by atoms with van der Waals surface area (Å²) in [5.74, 6) is -3.19. The van der Waals surface area contributed by atoms with E-state index in [1.807, 2.05) is 0 Å². The molecule has 1 heterocycles. The number of carbonyl (C=O) groups excluding carboxylic acids is 3. The number of allylic oxidation sites excluding steroid dienone is 20. The number of hydrogen-bond acceptors (Lipinski definition) is 11. The van der Waals surface area contributed by atoms with Crippen molar-refractivity contribution in [2.75, 3.05) is 13.2 Å². The van der Waals surface area contributed by atoms with E-state index in [2.05, 4.69) is 142 Å². The summed E-state index contributed by atoms with van der Waals surface area (Å²) in [7, 11) is 0. The second-order valence-corrected chi connectivity index (χ2v) is 22.4. The molecule has 1 saturated heterocycles. The number of unbranched alkanes of at least 4 members (excludes halogenated alkanes) is 22. The maximum absolute atomic E-state index is 13.2. The molecule has 0 aromatic rings. The normalized spacial score (nSPS) is 18.2. The first-order chi connectivity index (χ1) is 41.6. The summed E-state index contributed by atoms with van der Waals surface area (Å²) in [6.45, 7) is 5.81. The lowest BCUT2D eigenvalue weighted by Gasteiger charge is -2.40. The molecule has 0 aliphatic carbocycles. The fraction of sp³-hybridized carbons (Fsp3) is 0.671. The first-order valence-corrected chi connectivity index (χ1v) is 33.5. The summed E-state index contributed by atoms with van der Waals surface area (Å²) >= 11 is 0. The Hall–Kier alpha value is -4.88. The Morgan fingerprint density at radius 1 is 0.400 bits per heavy atom. The smallest absolute Gasteiger partial charge is 0.335 e. The van der Waals surface area contributed by atoms with Crippen molar-refractivity contribution in [3.05, 3.63) is 122 Å². The van der Waals surface area contributed by atoms with Crippen LogP contribution in [-0.2, 0) is 42.9 Å². The molecule has 1 aliphatic heterocycles. The second-order valence-electron chi connectivity index (χ2n) is 22.4. The number of aliphatic carboxylic acids is 1. The third kappa shape index (κ3) is 48.9. The first-order valence-electron chi connectivity index (χ1n) is 33.5. The van der Waals surface area contributed by atoms with Crippen molar-refractivity contribution >= 4 is 23.9 Å². The van der Waals surface area contributed by atoms with Crippen molar-refractivity contribution in [3.63, 3.8) is 0 Å². The minimum atomic E-state index is -1.92. The summed E-state index contributed by atoms with van der Waals surface area (Å²) in [6, 6.07) is 0. The summed E-state index contributed by atoms with van der Waals surface area (Å²) in [5.41, 5.74) is 0. The molecule has 12 heteroatoms. The maximum Gasteiger partial charge on any atom is 0.335 e. The molecule has 0 aromatic carbocycles. The summed E-state index contributed by atoms with van der Waals surface area (Å²) in [5, 5.41) is 31.6. The van der Waals surface area contributed by atoms with Crippen LogP contribution in [-0.4, -0.2) is 89.2 Å². The van der Waals surface area contributed by atoms with E-state index in [-0.39, 0.29) is 25.9 Å². The molecule has 1 rings (SSSR count). The molecule has 0 radical (unpaired) electrons. The van der Waals surface area contributed by atoms with Gasteiger partial charge < -0.3 is 39.0 Å². The van der Waals surface area contributed by atoms with E-state index in [0.29, 0.717) is 19.3 Å². The Balaban J connectivity index is 2.69. The Bertz CT molecular complexity index is 1940. The van der Waals surface area contributed by atoms with Gasteiger partial charge in [-0.25, -0.2) is 4.79 Å². The fourth-order valence-corrected chi connectivity index (χ4v) is 9.37. The van der Waals surface area contributed by atoms with E-state index in [1.165, 1.54) is 44.9 Å². The Kier molecular flexibility index (Phi) is 54.6. The van der Waals surface area contributed by atoms with Gasteiger partial charge in [0.15, 0.2) is 24.6 Å². The second kappa shape index (κ2) is 59.5. The Morgan fingerprint density at radius 3 is 1.13 bits per heavy atom. The number of carboxylic acid groups (broad SMARTS) is 1. The van der Waals surface area contributed by atoms with E-state index in [1.54, 1.807) is 0 Å². The van der Waals surface area contributed by atoms with Gasteiger partial charge in [-0.2, -0.15) is 0 Å². The van der Waals surface area contributed by atoms with Gasteiger partial charge in [0.25, 0.3) is 0 Å². The zero-order chi connectivity index (χ0) is 61.7. The van der Waals surface area contributed by atoms with Crippen LogP contribution in [0.1, 0.15) is 265 Å². The van der Waals surface area contributed by atoms with E-state index >= 15 is 0 Å². The summed E-state index contributed by atoms with van der Waals surface area (Å²) in [6.07, 6.45) is 70.0. The van der Waals surface area contributed by atoms with Crippen LogP contribution in [0.15, 0.2) is 122 Å².